The molecule has 4 nitrogen and oxygen atoms in total. The Bertz CT molecular complexity index is 560. The lowest BCUT2D eigenvalue weighted by Crippen LogP contribution is -2.28. The van der Waals surface area contributed by atoms with Crippen LogP contribution in [-0.4, -0.2) is 21.4 Å². The molecule has 0 aliphatic heterocycles. The number of pyridine rings is 1. The third-order valence-electron chi connectivity index (χ3n) is 2.53. The van der Waals surface area contributed by atoms with Crippen LogP contribution in [-0.2, 0) is 7.05 Å². The number of hydrogen-bond donors (Lipinski definition) is 1. The number of Topliss-reactive ketones (excluding diaryl/α,β-unsaturated/α-hetero) is 1. The van der Waals surface area contributed by atoms with Gasteiger partial charge in [0.05, 0.1) is 27.8 Å². The van der Waals surface area contributed by atoms with Crippen molar-refractivity contribution in [2.75, 3.05) is 0 Å². The Labute approximate surface area is 98.0 Å². The second-order valence-corrected chi connectivity index (χ2v) is 4.24. The zero-order valence-corrected chi connectivity index (χ0v) is 9.82. The fourth-order valence-electron chi connectivity index (χ4n) is 1.64. The summed E-state index contributed by atoms with van der Waals surface area (Å²) in [5, 5.41) is 0.550. The van der Waals surface area contributed by atoms with E-state index in [4.69, 9.17) is 17.3 Å². The molecule has 1 unspecified atom stereocenters. The van der Waals surface area contributed by atoms with Gasteiger partial charge in [-0.1, -0.05) is 11.6 Å². The quantitative estimate of drug-likeness (QED) is 0.810. The van der Waals surface area contributed by atoms with E-state index in [0.717, 1.165) is 11.0 Å². The Morgan fingerprint density at radius 3 is 2.88 bits per heavy atom. The predicted molar refractivity (Wildman–Crippen MR) is 63.7 cm³/mol. The standard InChI is InChI=1S/C11H12ClN3O/c1-6(13)11(16)10-4-8-9(15(10)2)3-7(12)5-14-8/h3-6H,13H2,1-2H3. The monoisotopic (exact) mass is 237 g/mol. The molecule has 0 spiro atoms. The van der Waals surface area contributed by atoms with E-state index in [1.165, 1.54) is 0 Å². The molecular formula is C11H12ClN3O. The molecule has 16 heavy (non-hydrogen) atoms. The highest BCUT2D eigenvalue weighted by molar-refractivity contribution is 6.31. The first-order valence-corrected chi connectivity index (χ1v) is 5.29. The number of carbonyl (C=O) groups excluding carboxylic acids is 1. The number of hydrogen-bond acceptors (Lipinski definition) is 3. The summed E-state index contributed by atoms with van der Waals surface area (Å²) in [6, 6.07) is 3.00. The highest BCUT2D eigenvalue weighted by atomic mass is 35.5. The Balaban J connectivity index is 2.65. The summed E-state index contributed by atoms with van der Waals surface area (Å²) in [5.74, 6) is -0.100. The Morgan fingerprint density at radius 2 is 2.25 bits per heavy atom. The number of ketones is 1. The second kappa shape index (κ2) is 3.88. The van der Waals surface area contributed by atoms with Crippen molar-refractivity contribution in [3.63, 3.8) is 0 Å². The summed E-state index contributed by atoms with van der Waals surface area (Å²) in [5.41, 5.74) is 7.71. The molecule has 0 radical (unpaired) electrons. The maximum Gasteiger partial charge on any atom is 0.195 e. The van der Waals surface area contributed by atoms with Gasteiger partial charge in [0.25, 0.3) is 0 Å². The van der Waals surface area contributed by atoms with Gasteiger partial charge in [0.15, 0.2) is 5.78 Å². The SMILES string of the molecule is CC(N)C(=O)c1cc2ncc(Cl)cc2n1C. The molecule has 2 aromatic rings. The Hall–Kier alpha value is -1.39. The van der Waals surface area contributed by atoms with Crippen molar-refractivity contribution in [3.05, 3.63) is 29.0 Å². The number of rotatable bonds is 2. The average Bonchev–Trinajstić information content (AvgIpc) is 2.55. The zero-order chi connectivity index (χ0) is 11.9. The molecule has 0 aliphatic carbocycles. The van der Waals surface area contributed by atoms with Crippen LogP contribution in [0.15, 0.2) is 18.3 Å². The molecule has 2 rings (SSSR count). The number of fused-ring (bicyclic) bond motifs is 1. The van der Waals surface area contributed by atoms with Crippen LogP contribution in [0.25, 0.3) is 11.0 Å². The van der Waals surface area contributed by atoms with Crippen LogP contribution in [0, 0.1) is 0 Å². The summed E-state index contributed by atoms with van der Waals surface area (Å²) < 4.78 is 1.76. The summed E-state index contributed by atoms with van der Waals surface area (Å²) in [4.78, 5) is 16.0. The first-order chi connectivity index (χ1) is 7.50. The summed E-state index contributed by atoms with van der Waals surface area (Å²) in [6.07, 6.45) is 1.56. The summed E-state index contributed by atoms with van der Waals surface area (Å²) >= 11 is 5.86. The van der Waals surface area contributed by atoms with E-state index in [9.17, 15) is 4.79 Å². The van der Waals surface area contributed by atoms with Crippen LogP contribution in [0.1, 0.15) is 17.4 Å². The van der Waals surface area contributed by atoms with E-state index < -0.39 is 6.04 Å². The Kier molecular flexibility index (Phi) is 2.69. The number of nitrogens with two attached hydrogens (primary N) is 1. The molecule has 5 heteroatoms. The number of halogens is 1. The smallest absolute Gasteiger partial charge is 0.195 e. The molecule has 2 aromatic heterocycles. The van der Waals surface area contributed by atoms with Gasteiger partial charge in [0.1, 0.15) is 0 Å². The van der Waals surface area contributed by atoms with Crippen LogP contribution in [0.3, 0.4) is 0 Å². The van der Waals surface area contributed by atoms with Gasteiger partial charge in [-0.15, -0.1) is 0 Å². The largest absolute Gasteiger partial charge is 0.340 e. The molecule has 1 atom stereocenters. The Morgan fingerprint density at radius 1 is 1.56 bits per heavy atom. The molecule has 0 fully saturated rings. The van der Waals surface area contributed by atoms with Crippen LogP contribution in [0.4, 0.5) is 0 Å². The van der Waals surface area contributed by atoms with Crippen LogP contribution in [0.2, 0.25) is 5.02 Å². The molecule has 0 saturated carbocycles. The van der Waals surface area contributed by atoms with Gasteiger partial charge in [-0.2, -0.15) is 0 Å². The van der Waals surface area contributed by atoms with Crippen LogP contribution in [0.5, 0.6) is 0 Å². The topological polar surface area (TPSA) is 60.9 Å². The fourth-order valence-corrected chi connectivity index (χ4v) is 1.80. The highest BCUT2D eigenvalue weighted by Gasteiger charge is 2.17. The molecule has 0 bridgehead atoms. The van der Waals surface area contributed by atoms with Crippen LogP contribution >= 0.6 is 11.6 Å². The molecule has 0 amide bonds. The fraction of sp³-hybridized carbons (Fsp3) is 0.273. The van der Waals surface area contributed by atoms with Gasteiger partial charge >= 0.3 is 0 Å². The first-order valence-electron chi connectivity index (χ1n) is 4.91. The van der Waals surface area contributed by atoms with Gasteiger partial charge in [-0.3, -0.25) is 9.78 Å². The maximum atomic E-state index is 11.8. The molecule has 0 saturated heterocycles. The van der Waals surface area contributed by atoms with Gasteiger partial charge in [0, 0.05) is 13.2 Å². The molecule has 84 valence electrons. The number of nitrogens with zero attached hydrogens (tertiary/aromatic N) is 2. The van der Waals surface area contributed by atoms with Crippen LogP contribution < -0.4 is 5.73 Å². The van der Waals surface area contributed by atoms with Crippen molar-refractivity contribution in [1.82, 2.24) is 9.55 Å². The first kappa shape index (κ1) is 11.1. The lowest BCUT2D eigenvalue weighted by molar-refractivity contribution is 0.0960. The van der Waals surface area contributed by atoms with E-state index in [2.05, 4.69) is 4.98 Å². The number of carbonyl (C=O) groups is 1. The normalized spacial score (nSPS) is 13.0. The van der Waals surface area contributed by atoms with Crippen molar-refractivity contribution in [1.29, 1.82) is 0 Å². The molecule has 2 N–H and O–H groups in total. The van der Waals surface area contributed by atoms with Crippen molar-refractivity contribution < 1.29 is 4.79 Å². The van der Waals surface area contributed by atoms with Crippen molar-refractivity contribution >= 4 is 28.4 Å². The average molecular weight is 238 g/mol. The lowest BCUT2D eigenvalue weighted by Gasteiger charge is -2.05. The number of aromatic nitrogens is 2. The summed E-state index contributed by atoms with van der Waals surface area (Å²) in [6.45, 7) is 1.67. The van der Waals surface area contributed by atoms with E-state index in [-0.39, 0.29) is 5.78 Å². The molecular weight excluding hydrogens is 226 g/mol. The van der Waals surface area contributed by atoms with Gasteiger partial charge in [-0.25, -0.2) is 0 Å². The minimum absolute atomic E-state index is 0.100. The predicted octanol–water partition coefficient (Wildman–Crippen LogP) is 1.76. The van der Waals surface area contributed by atoms with E-state index in [1.807, 2.05) is 0 Å². The van der Waals surface area contributed by atoms with Gasteiger partial charge in [-0.05, 0) is 19.1 Å². The molecule has 0 aliphatic rings. The van der Waals surface area contributed by atoms with E-state index >= 15 is 0 Å². The minimum Gasteiger partial charge on any atom is -0.340 e. The van der Waals surface area contributed by atoms with Crippen molar-refractivity contribution in [2.45, 2.75) is 13.0 Å². The third-order valence-corrected chi connectivity index (χ3v) is 2.73. The lowest BCUT2D eigenvalue weighted by atomic mass is 10.2. The number of aryl methyl sites for hydroxylation is 1. The van der Waals surface area contributed by atoms with Gasteiger partial charge in [0.2, 0.25) is 0 Å². The maximum absolute atomic E-state index is 11.8. The van der Waals surface area contributed by atoms with E-state index in [1.54, 1.807) is 36.9 Å². The van der Waals surface area contributed by atoms with Crippen molar-refractivity contribution in [2.24, 2.45) is 12.8 Å². The van der Waals surface area contributed by atoms with E-state index in [0.29, 0.717) is 10.7 Å². The molecule has 0 aromatic carbocycles. The summed E-state index contributed by atoms with van der Waals surface area (Å²) in [7, 11) is 1.80. The van der Waals surface area contributed by atoms with Gasteiger partial charge < -0.3 is 10.3 Å². The van der Waals surface area contributed by atoms with Crippen molar-refractivity contribution in [3.8, 4) is 0 Å². The minimum atomic E-state index is -0.515. The second-order valence-electron chi connectivity index (χ2n) is 3.80. The molecule has 2 heterocycles. The third kappa shape index (κ3) is 1.70. The zero-order valence-electron chi connectivity index (χ0n) is 9.07. The highest BCUT2D eigenvalue weighted by Crippen LogP contribution is 2.20.